The molecule has 1 aromatic heterocycles. The summed E-state index contributed by atoms with van der Waals surface area (Å²) in [4.78, 5) is 28.5. The zero-order valence-electron chi connectivity index (χ0n) is 16.6. The van der Waals surface area contributed by atoms with Crippen LogP contribution in [-0.4, -0.2) is 13.0 Å². The fourth-order valence-corrected chi connectivity index (χ4v) is 4.59. The number of fused-ring (bicyclic) bond motifs is 2. The molecule has 0 bridgehead atoms. The van der Waals surface area contributed by atoms with Crippen LogP contribution in [0.25, 0.3) is 11.0 Å². The molecule has 160 valence electrons. The third kappa shape index (κ3) is 3.20. The first-order valence-electron chi connectivity index (χ1n) is 9.58. The van der Waals surface area contributed by atoms with E-state index >= 15 is 0 Å². The van der Waals surface area contributed by atoms with E-state index in [0.29, 0.717) is 37.5 Å². The van der Waals surface area contributed by atoms with Crippen molar-refractivity contribution in [2.24, 2.45) is 0 Å². The van der Waals surface area contributed by atoms with Gasteiger partial charge in [-0.25, -0.2) is 4.39 Å². The Bertz CT molecular complexity index is 1450. The standard InChI is InChI=1S/C24H14BrClFNO4/c1-31-19-9-7-15(11-17(19)26)28-21(12-2-5-14(27)6-3-12)20-22(29)16-10-13(25)4-8-18(16)32-23(20)24(28)30/h2-11,21H,1H3. The van der Waals surface area contributed by atoms with Crippen molar-refractivity contribution < 1.29 is 18.3 Å². The highest BCUT2D eigenvalue weighted by atomic mass is 79.9. The monoisotopic (exact) mass is 513 g/mol. The first-order chi connectivity index (χ1) is 15.4. The summed E-state index contributed by atoms with van der Waals surface area (Å²) in [5, 5.41) is 0.646. The summed E-state index contributed by atoms with van der Waals surface area (Å²) < 4.78 is 25.5. The molecule has 1 atom stereocenters. The van der Waals surface area contributed by atoms with Gasteiger partial charge in [0.05, 0.1) is 29.1 Å². The predicted octanol–water partition coefficient (Wildman–Crippen LogP) is 6.11. The smallest absolute Gasteiger partial charge is 0.295 e. The first kappa shape index (κ1) is 20.7. The Labute approximate surface area is 195 Å². The molecule has 1 aliphatic rings. The van der Waals surface area contributed by atoms with Gasteiger partial charge in [0, 0.05) is 10.2 Å². The normalized spacial score (nSPS) is 15.3. The molecule has 0 fully saturated rings. The summed E-state index contributed by atoms with van der Waals surface area (Å²) in [6.45, 7) is 0. The summed E-state index contributed by atoms with van der Waals surface area (Å²) in [6, 6.07) is 14.8. The lowest BCUT2D eigenvalue weighted by atomic mass is 9.98. The molecule has 0 N–H and O–H groups in total. The van der Waals surface area contributed by atoms with Crippen LogP contribution in [0.5, 0.6) is 5.75 Å². The van der Waals surface area contributed by atoms with E-state index in [4.69, 9.17) is 20.8 Å². The highest BCUT2D eigenvalue weighted by Gasteiger charge is 2.43. The van der Waals surface area contributed by atoms with E-state index in [1.54, 1.807) is 48.5 Å². The molecule has 5 rings (SSSR count). The topological polar surface area (TPSA) is 59.8 Å². The van der Waals surface area contributed by atoms with Crippen LogP contribution < -0.4 is 15.1 Å². The van der Waals surface area contributed by atoms with Crippen molar-refractivity contribution in [1.29, 1.82) is 0 Å². The van der Waals surface area contributed by atoms with Crippen LogP contribution in [0.2, 0.25) is 5.02 Å². The largest absolute Gasteiger partial charge is 0.495 e. The van der Waals surface area contributed by atoms with Crippen LogP contribution in [0.4, 0.5) is 10.1 Å². The minimum atomic E-state index is -0.817. The molecule has 3 aromatic carbocycles. The van der Waals surface area contributed by atoms with E-state index in [-0.39, 0.29) is 16.8 Å². The maximum Gasteiger partial charge on any atom is 0.295 e. The zero-order valence-corrected chi connectivity index (χ0v) is 18.9. The quantitative estimate of drug-likeness (QED) is 0.331. The maximum atomic E-state index is 13.6. The number of halogens is 3. The van der Waals surface area contributed by atoms with Crippen molar-refractivity contribution in [3.8, 4) is 5.75 Å². The highest BCUT2D eigenvalue weighted by Crippen LogP contribution is 2.43. The van der Waals surface area contributed by atoms with Gasteiger partial charge in [-0.2, -0.15) is 0 Å². The molecular formula is C24H14BrClFNO4. The summed E-state index contributed by atoms with van der Waals surface area (Å²) >= 11 is 9.68. The van der Waals surface area contributed by atoms with Gasteiger partial charge in [-0.3, -0.25) is 14.5 Å². The summed E-state index contributed by atoms with van der Waals surface area (Å²) in [5.74, 6) is -0.516. The Hall–Kier alpha value is -3.16. The lowest BCUT2D eigenvalue weighted by molar-refractivity contribution is 0.0971. The van der Waals surface area contributed by atoms with Crippen molar-refractivity contribution in [2.45, 2.75) is 6.04 Å². The van der Waals surface area contributed by atoms with E-state index in [1.165, 1.54) is 24.1 Å². The highest BCUT2D eigenvalue weighted by molar-refractivity contribution is 9.10. The number of hydrogen-bond acceptors (Lipinski definition) is 4. The number of nitrogens with zero attached hydrogens (tertiary/aromatic N) is 1. The van der Waals surface area contributed by atoms with Gasteiger partial charge in [0.15, 0.2) is 5.43 Å². The van der Waals surface area contributed by atoms with Gasteiger partial charge in [0.2, 0.25) is 5.76 Å². The first-order valence-corrected chi connectivity index (χ1v) is 10.7. The van der Waals surface area contributed by atoms with Gasteiger partial charge < -0.3 is 9.15 Å². The Morgan fingerprint density at radius 2 is 1.81 bits per heavy atom. The minimum absolute atomic E-state index is 0.0499. The van der Waals surface area contributed by atoms with Gasteiger partial charge in [-0.05, 0) is 54.1 Å². The molecule has 0 aliphatic carbocycles. The number of amides is 1. The summed E-state index contributed by atoms with van der Waals surface area (Å²) in [5.41, 5.74) is 1.18. The van der Waals surface area contributed by atoms with Gasteiger partial charge >= 0.3 is 0 Å². The lowest BCUT2D eigenvalue weighted by Gasteiger charge is -2.25. The van der Waals surface area contributed by atoms with Gasteiger partial charge in [0.25, 0.3) is 5.91 Å². The van der Waals surface area contributed by atoms with Gasteiger partial charge in [-0.15, -0.1) is 0 Å². The Morgan fingerprint density at radius 3 is 2.50 bits per heavy atom. The molecular weight excluding hydrogens is 501 g/mol. The maximum absolute atomic E-state index is 13.6. The molecule has 2 heterocycles. The number of rotatable bonds is 3. The SMILES string of the molecule is COc1ccc(N2C(=O)c3oc4ccc(Br)cc4c(=O)c3C2c2ccc(F)cc2)cc1Cl. The van der Waals surface area contributed by atoms with Crippen LogP contribution in [-0.2, 0) is 0 Å². The van der Waals surface area contributed by atoms with E-state index < -0.39 is 17.8 Å². The average Bonchev–Trinajstić information content (AvgIpc) is 3.07. The molecule has 0 saturated heterocycles. The molecule has 0 spiro atoms. The van der Waals surface area contributed by atoms with Crippen molar-refractivity contribution in [3.05, 3.63) is 103 Å². The van der Waals surface area contributed by atoms with Crippen molar-refractivity contribution in [3.63, 3.8) is 0 Å². The molecule has 32 heavy (non-hydrogen) atoms. The van der Waals surface area contributed by atoms with Gasteiger partial charge in [0.1, 0.15) is 17.1 Å². The number of anilines is 1. The number of benzene rings is 3. The summed E-state index contributed by atoms with van der Waals surface area (Å²) in [7, 11) is 1.49. The fraction of sp³-hybridized carbons (Fsp3) is 0.0833. The van der Waals surface area contributed by atoms with E-state index in [2.05, 4.69) is 15.9 Å². The third-order valence-corrected chi connectivity index (χ3v) is 6.22. The second-order valence-electron chi connectivity index (χ2n) is 7.26. The number of carbonyl (C=O) groups excluding carboxylic acids is 1. The van der Waals surface area contributed by atoms with E-state index in [0.717, 1.165) is 0 Å². The van der Waals surface area contributed by atoms with Crippen LogP contribution >= 0.6 is 27.5 Å². The summed E-state index contributed by atoms with van der Waals surface area (Å²) in [6.07, 6.45) is 0. The molecule has 1 unspecified atom stereocenters. The van der Waals surface area contributed by atoms with Crippen LogP contribution in [0, 0.1) is 5.82 Å². The molecule has 4 aromatic rings. The number of carbonyl (C=O) groups is 1. The lowest BCUT2D eigenvalue weighted by Crippen LogP contribution is -2.29. The Kier molecular flexibility index (Phi) is 5.03. The van der Waals surface area contributed by atoms with E-state index in [1.807, 2.05) is 0 Å². The molecule has 1 aliphatic heterocycles. The molecule has 8 heteroatoms. The minimum Gasteiger partial charge on any atom is -0.495 e. The Morgan fingerprint density at radius 1 is 1.06 bits per heavy atom. The molecule has 1 amide bonds. The van der Waals surface area contributed by atoms with Crippen molar-refractivity contribution >= 4 is 50.1 Å². The second-order valence-corrected chi connectivity index (χ2v) is 8.59. The van der Waals surface area contributed by atoms with E-state index in [9.17, 15) is 14.0 Å². The second kappa shape index (κ2) is 7.76. The Balaban J connectivity index is 1.80. The zero-order chi connectivity index (χ0) is 22.6. The van der Waals surface area contributed by atoms with Crippen molar-refractivity contribution in [1.82, 2.24) is 0 Å². The van der Waals surface area contributed by atoms with Gasteiger partial charge in [-0.1, -0.05) is 39.7 Å². The fourth-order valence-electron chi connectivity index (χ4n) is 3.98. The molecule has 0 radical (unpaired) electrons. The van der Waals surface area contributed by atoms with Crippen LogP contribution in [0.15, 0.2) is 74.3 Å². The third-order valence-electron chi connectivity index (χ3n) is 5.43. The molecule has 0 saturated carbocycles. The predicted molar refractivity (Wildman–Crippen MR) is 123 cm³/mol. The number of hydrogen-bond donors (Lipinski definition) is 0. The van der Waals surface area contributed by atoms with Crippen molar-refractivity contribution in [2.75, 3.05) is 12.0 Å². The molecule has 5 nitrogen and oxygen atoms in total. The number of ether oxygens (including phenoxy) is 1. The van der Waals surface area contributed by atoms with Crippen LogP contribution in [0.3, 0.4) is 0 Å². The van der Waals surface area contributed by atoms with Crippen LogP contribution in [0.1, 0.15) is 27.7 Å². The average molecular weight is 515 g/mol. The number of methoxy groups -OCH3 is 1.